The van der Waals surface area contributed by atoms with Crippen LogP contribution in [0.1, 0.15) is 18.6 Å². The molecule has 0 aliphatic carbocycles. The van der Waals surface area contributed by atoms with E-state index in [1.807, 2.05) is 4.90 Å². The minimum Gasteiger partial charge on any atom is -0.395 e. The number of hydrogen-bond donors (Lipinski definition) is 2. The molecule has 1 aliphatic heterocycles. The van der Waals surface area contributed by atoms with Crippen molar-refractivity contribution in [2.24, 2.45) is 0 Å². The van der Waals surface area contributed by atoms with Crippen molar-refractivity contribution in [2.75, 3.05) is 25.0 Å². The molecule has 1 fully saturated rings. The van der Waals surface area contributed by atoms with E-state index in [1.165, 1.54) is 0 Å². The Morgan fingerprint density at radius 1 is 1.76 bits per heavy atom. The summed E-state index contributed by atoms with van der Waals surface area (Å²) in [6.07, 6.45) is 1.98. The first-order chi connectivity index (χ1) is 8.19. The Balaban J connectivity index is 1.85. The Kier molecular flexibility index (Phi) is 3.75. The van der Waals surface area contributed by atoms with Crippen LogP contribution >= 0.6 is 0 Å². The second kappa shape index (κ2) is 5.29. The number of hydrogen-bond acceptors (Lipinski definition) is 5. The van der Waals surface area contributed by atoms with Gasteiger partial charge in [0.05, 0.1) is 13.2 Å². The maximum atomic E-state index is 11.7. The van der Waals surface area contributed by atoms with Crippen molar-refractivity contribution in [3.8, 4) is 0 Å². The predicted octanol–water partition coefficient (Wildman–Crippen LogP) is 0.378. The van der Waals surface area contributed by atoms with Crippen molar-refractivity contribution in [2.45, 2.75) is 25.8 Å². The number of anilines is 1. The summed E-state index contributed by atoms with van der Waals surface area (Å²) < 4.78 is 4.86. The largest absolute Gasteiger partial charge is 0.395 e. The zero-order valence-corrected chi connectivity index (χ0v) is 9.85. The van der Waals surface area contributed by atoms with Crippen LogP contribution < -0.4 is 5.32 Å². The molecule has 0 radical (unpaired) electrons. The fourth-order valence-electron chi connectivity index (χ4n) is 2.10. The third-order valence-electron chi connectivity index (χ3n) is 2.95. The van der Waals surface area contributed by atoms with Gasteiger partial charge in [-0.05, 0) is 26.3 Å². The van der Waals surface area contributed by atoms with Crippen LogP contribution in [-0.2, 0) is 4.79 Å². The number of amides is 1. The molecule has 1 aliphatic rings. The average Bonchev–Trinajstić information content (AvgIpc) is 2.87. The van der Waals surface area contributed by atoms with E-state index in [-0.39, 0.29) is 25.1 Å². The van der Waals surface area contributed by atoms with Gasteiger partial charge in [0.2, 0.25) is 5.91 Å². The van der Waals surface area contributed by atoms with Crippen LogP contribution in [0.15, 0.2) is 10.6 Å². The molecular formula is C11H17N3O3. The Bertz CT molecular complexity index is 391. The van der Waals surface area contributed by atoms with Crippen LogP contribution in [0.2, 0.25) is 0 Å². The fourth-order valence-corrected chi connectivity index (χ4v) is 2.10. The van der Waals surface area contributed by atoms with Gasteiger partial charge in [-0.15, -0.1) is 0 Å². The summed E-state index contributed by atoms with van der Waals surface area (Å²) in [5.74, 6) is 0.973. The Morgan fingerprint density at radius 3 is 3.24 bits per heavy atom. The lowest BCUT2D eigenvalue weighted by atomic mass is 10.2. The summed E-state index contributed by atoms with van der Waals surface area (Å²) >= 11 is 0. The third kappa shape index (κ3) is 3.04. The number of carbonyl (C=O) groups excluding carboxylic acids is 1. The number of likely N-dealkylation sites (tertiary alicyclic amines) is 1. The summed E-state index contributed by atoms with van der Waals surface area (Å²) in [6.45, 7) is 3.02. The van der Waals surface area contributed by atoms with Gasteiger partial charge < -0.3 is 14.9 Å². The van der Waals surface area contributed by atoms with E-state index in [2.05, 4.69) is 10.5 Å². The zero-order valence-electron chi connectivity index (χ0n) is 9.85. The van der Waals surface area contributed by atoms with Crippen molar-refractivity contribution < 1.29 is 14.4 Å². The Hall–Kier alpha value is -1.40. The van der Waals surface area contributed by atoms with Crippen LogP contribution in [0.5, 0.6) is 0 Å². The number of carbonyl (C=O) groups is 1. The minimum atomic E-state index is -0.126. The maximum Gasteiger partial charge on any atom is 0.239 e. The van der Waals surface area contributed by atoms with Crippen LogP contribution in [0.25, 0.3) is 0 Å². The van der Waals surface area contributed by atoms with Gasteiger partial charge in [-0.2, -0.15) is 0 Å². The minimum absolute atomic E-state index is 0.107. The monoisotopic (exact) mass is 239 g/mol. The lowest BCUT2D eigenvalue weighted by Gasteiger charge is -2.21. The standard InChI is InChI=1S/C11H17N3O3/c1-8-5-10(13-17-8)12-11(16)6-14-4-2-3-9(14)7-15/h5,9,15H,2-4,6-7H2,1H3,(H,12,13,16)/t9-/m0/s1. The first-order valence-corrected chi connectivity index (χ1v) is 5.77. The molecule has 6 heteroatoms. The van der Waals surface area contributed by atoms with Crippen LogP contribution in [-0.4, -0.2) is 46.8 Å². The number of aliphatic hydroxyl groups is 1. The van der Waals surface area contributed by atoms with Gasteiger partial charge in [0.15, 0.2) is 5.82 Å². The van der Waals surface area contributed by atoms with Crippen molar-refractivity contribution in [3.63, 3.8) is 0 Å². The van der Waals surface area contributed by atoms with Crippen LogP contribution in [0, 0.1) is 6.92 Å². The van der Waals surface area contributed by atoms with Crippen molar-refractivity contribution in [1.82, 2.24) is 10.1 Å². The van der Waals surface area contributed by atoms with Gasteiger partial charge in [-0.25, -0.2) is 0 Å². The predicted molar refractivity (Wildman–Crippen MR) is 61.6 cm³/mol. The molecule has 0 bridgehead atoms. The number of rotatable bonds is 4. The number of nitrogens with zero attached hydrogens (tertiary/aromatic N) is 2. The number of aliphatic hydroxyl groups excluding tert-OH is 1. The Morgan fingerprint density at radius 2 is 2.59 bits per heavy atom. The smallest absolute Gasteiger partial charge is 0.239 e. The van der Waals surface area contributed by atoms with E-state index in [1.54, 1.807) is 13.0 Å². The topological polar surface area (TPSA) is 78.6 Å². The molecule has 1 saturated heterocycles. The summed E-state index contributed by atoms with van der Waals surface area (Å²) in [4.78, 5) is 13.7. The highest BCUT2D eigenvalue weighted by atomic mass is 16.5. The molecule has 2 heterocycles. The zero-order chi connectivity index (χ0) is 12.3. The Labute approximate surface area is 99.6 Å². The molecule has 0 aromatic carbocycles. The van der Waals surface area contributed by atoms with Crippen molar-refractivity contribution >= 4 is 11.7 Å². The third-order valence-corrected chi connectivity index (χ3v) is 2.95. The summed E-state index contributed by atoms with van der Waals surface area (Å²) in [7, 11) is 0. The summed E-state index contributed by atoms with van der Waals surface area (Å²) in [5.41, 5.74) is 0. The first kappa shape index (κ1) is 12.1. The van der Waals surface area contributed by atoms with Crippen molar-refractivity contribution in [3.05, 3.63) is 11.8 Å². The number of aromatic nitrogens is 1. The summed E-state index contributed by atoms with van der Waals surface area (Å²) in [5, 5.41) is 15.5. The molecule has 0 spiro atoms. The van der Waals surface area contributed by atoms with Gasteiger partial charge in [0.25, 0.3) is 0 Å². The van der Waals surface area contributed by atoms with E-state index < -0.39 is 0 Å². The van der Waals surface area contributed by atoms with Gasteiger partial charge in [-0.1, -0.05) is 5.16 Å². The average molecular weight is 239 g/mol. The van der Waals surface area contributed by atoms with Gasteiger partial charge in [-0.3, -0.25) is 9.69 Å². The normalized spacial score (nSPS) is 20.7. The second-order valence-electron chi connectivity index (χ2n) is 4.32. The summed E-state index contributed by atoms with van der Waals surface area (Å²) in [6, 6.07) is 1.78. The first-order valence-electron chi connectivity index (χ1n) is 5.77. The SMILES string of the molecule is Cc1cc(NC(=O)CN2CCC[C@H]2CO)no1. The molecule has 2 N–H and O–H groups in total. The molecule has 1 aromatic heterocycles. The molecule has 2 rings (SSSR count). The lowest BCUT2D eigenvalue weighted by molar-refractivity contribution is -0.117. The molecule has 6 nitrogen and oxygen atoms in total. The van der Waals surface area contributed by atoms with E-state index in [4.69, 9.17) is 9.63 Å². The highest BCUT2D eigenvalue weighted by Crippen LogP contribution is 2.16. The van der Waals surface area contributed by atoms with Gasteiger partial charge >= 0.3 is 0 Å². The van der Waals surface area contributed by atoms with E-state index >= 15 is 0 Å². The molecule has 1 aromatic rings. The second-order valence-corrected chi connectivity index (χ2v) is 4.32. The molecule has 94 valence electrons. The molecule has 1 atom stereocenters. The quantitative estimate of drug-likeness (QED) is 0.794. The van der Waals surface area contributed by atoms with Crippen LogP contribution in [0.4, 0.5) is 5.82 Å². The molecule has 17 heavy (non-hydrogen) atoms. The highest BCUT2D eigenvalue weighted by molar-refractivity contribution is 5.91. The number of nitrogens with one attached hydrogen (secondary N) is 1. The molecule has 0 unspecified atom stereocenters. The molecular weight excluding hydrogens is 222 g/mol. The van der Waals surface area contributed by atoms with Gasteiger partial charge in [0.1, 0.15) is 5.76 Å². The van der Waals surface area contributed by atoms with Crippen LogP contribution in [0.3, 0.4) is 0 Å². The maximum absolute atomic E-state index is 11.7. The van der Waals surface area contributed by atoms with E-state index in [0.29, 0.717) is 11.6 Å². The van der Waals surface area contributed by atoms with Gasteiger partial charge in [0, 0.05) is 12.1 Å². The molecule has 1 amide bonds. The molecule has 0 saturated carbocycles. The lowest BCUT2D eigenvalue weighted by Crippen LogP contribution is -2.38. The fraction of sp³-hybridized carbons (Fsp3) is 0.636. The highest BCUT2D eigenvalue weighted by Gasteiger charge is 2.25. The van der Waals surface area contributed by atoms with Crippen molar-refractivity contribution in [1.29, 1.82) is 0 Å². The van der Waals surface area contributed by atoms with E-state index in [9.17, 15) is 4.79 Å². The number of aryl methyl sites for hydroxylation is 1. The van der Waals surface area contributed by atoms with E-state index in [0.717, 1.165) is 19.4 Å².